The first kappa shape index (κ1) is 18.3. The van der Waals surface area contributed by atoms with Crippen LogP contribution >= 0.6 is 15.9 Å². The van der Waals surface area contributed by atoms with Crippen LogP contribution in [-0.2, 0) is 5.60 Å². The minimum Gasteiger partial charge on any atom is -0.497 e. The minimum absolute atomic E-state index is 0.175. The van der Waals surface area contributed by atoms with Crippen molar-refractivity contribution in [3.05, 3.63) is 58.6 Å². The maximum atomic E-state index is 10.9. The van der Waals surface area contributed by atoms with Gasteiger partial charge in [0.05, 0.1) is 13.7 Å². The van der Waals surface area contributed by atoms with E-state index >= 15 is 0 Å². The molecule has 0 aliphatic carbocycles. The van der Waals surface area contributed by atoms with Crippen LogP contribution in [0.5, 0.6) is 5.75 Å². The standard InChI is InChI=1S/C18H22BrN3O2/c1-3-18(23,13-7-9-14(19)10-8-13)12-21-17(20)22-15-5-4-6-16(11-15)24-2/h4-11,23H,3,12H2,1-2H3,(H3,20,21,22). The monoisotopic (exact) mass is 391 g/mol. The Morgan fingerprint density at radius 2 is 2.00 bits per heavy atom. The lowest BCUT2D eigenvalue weighted by molar-refractivity contribution is 0.0424. The third kappa shape index (κ3) is 4.72. The number of hydrogen-bond acceptors (Lipinski definition) is 3. The van der Waals surface area contributed by atoms with Gasteiger partial charge in [-0.3, -0.25) is 0 Å². The van der Waals surface area contributed by atoms with Crippen molar-refractivity contribution in [2.24, 2.45) is 10.7 Å². The van der Waals surface area contributed by atoms with Gasteiger partial charge in [0.2, 0.25) is 0 Å². The molecule has 0 bridgehead atoms. The molecule has 0 aliphatic rings. The van der Waals surface area contributed by atoms with Gasteiger partial charge in [-0.1, -0.05) is 41.1 Å². The summed E-state index contributed by atoms with van der Waals surface area (Å²) in [4.78, 5) is 4.30. The van der Waals surface area contributed by atoms with Crippen LogP contribution in [-0.4, -0.2) is 24.7 Å². The van der Waals surface area contributed by atoms with Gasteiger partial charge in [-0.25, -0.2) is 4.99 Å². The maximum absolute atomic E-state index is 10.9. The smallest absolute Gasteiger partial charge is 0.193 e. The van der Waals surface area contributed by atoms with Crippen LogP contribution in [0.2, 0.25) is 0 Å². The van der Waals surface area contributed by atoms with Crippen LogP contribution in [0.25, 0.3) is 0 Å². The number of rotatable bonds is 6. The fourth-order valence-corrected chi connectivity index (χ4v) is 2.54. The van der Waals surface area contributed by atoms with Crippen LogP contribution in [0.1, 0.15) is 18.9 Å². The lowest BCUT2D eigenvalue weighted by atomic mass is 9.91. The first-order valence-electron chi connectivity index (χ1n) is 7.66. The lowest BCUT2D eigenvalue weighted by Gasteiger charge is -2.25. The molecule has 0 heterocycles. The van der Waals surface area contributed by atoms with E-state index in [2.05, 4.69) is 26.2 Å². The van der Waals surface area contributed by atoms with E-state index in [0.717, 1.165) is 21.5 Å². The van der Waals surface area contributed by atoms with Crippen molar-refractivity contribution >= 4 is 27.6 Å². The summed E-state index contributed by atoms with van der Waals surface area (Å²) in [5.74, 6) is 0.972. The van der Waals surface area contributed by atoms with E-state index in [1.54, 1.807) is 7.11 Å². The second kappa shape index (κ2) is 8.17. The van der Waals surface area contributed by atoms with E-state index in [1.807, 2.05) is 55.5 Å². The van der Waals surface area contributed by atoms with E-state index in [9.17, 15) is 5.11 Å². The van der Waals surface area contributed by atoms with Gasteiger partial charge in [0.15, 0.2) is 5.96 Å². The second-order valence-electron chi connectivity index (χ2n) is 5.45. The van der Waals surface area contributed by atoms with Gasteiger partial charge >= 0.3 is 0 Å². The molecule has 0 saturated heterocycles. The number of anilines is 1. The molecule has 128 valence electrons. The summed E-state index contributed by atoms with van der Waals surface area (Å²) in [5, 5.41) is 13.9. The molecule has 24 heavy (non-hydrogen) atoms. The Morgan fingerprint density at radius 1 is 1.29 bits per heavy atom. The van der Waals surface area contributed by atoms with Gasteiger partial charge in [0, 0.05) is 16.2 Å². The number of aliphatic imine (C=N–C) groups is 1. The van der Waals surface area contributed by atoms with Crippen LogP contribution in [0.15, 0.2) is 58.0 Å². The van der Waals surface area contributed by atoms with Gasteiger partial charge in [-0.2, -0.15) is 0 Å². The molecular formula is C18H22BrN3O2. The zero-order valence-electron chi connectivity index (χ0n) is 13.8. The number of nitrogens with zero attached hydrogens (tertiary/aromatic N) is 1. The number of guanidine groups is 1. The molecule has 0 spiro atoms. The molecule has 0 saturated carbocycles. The summed E-state index contributed by atoms with van der Waals surface area (Å²) in [6.45, 7) is 2.09. The van der Waals surface area contributed by atoms with Crippen molar-refractivity contribution in [1.82, 2.24) is 0 Å². The van der Waals surface area contributed by atoms with E-state index in [1.165, 1.54) is 0 Å². The molecule has 0 aromatic heterocycles. The molecule has 0 radical (unpaired) electrons. The molecule has 1 unspecified atom stereocenters. The Bertz CT molecular complexity index is 704. The highest BCUT2D eigenvalue weighted by Crippen LogP contribution is 2.26. The average Bonchev–Trinajstić information content (AvgIpc) is 2.60. The largest absolute Gasteiger partial charge is 0.497 e. The van der Waals surface area contributed by atoms with E-state index < -0.39 is 5.60 Å². The van der Waals surface area contributed by atoms with E-state index in [0.29, 0.717) is 6.42 Å². The number of halogens is 1. The molecule has 0 aliphatic heterocycles. The third-order valence-corrected chi connectivity index (χ3v) is 4.35. The summed E-state index contributed by atoms with van der Waals surface area (Å²) < 4.78 is 6.14. The normalized spacial score (nSPS) is 14.1. The molecule has 6 heteroatoms. The maximum Gasteiger partial charge on any atom is 0.193 e. The van der Waals surface area contributed by atoms with Crippen LogP contribution in [0.4, 0.5) is 5.69 Å². The summed E-state index contributed by atoms with van der Waals surface area (Å²) in [6.07, 6.45) is 0.532. The molecule has 2 aromatic rings. The highest BCUT2D eigenvalue weighted by Gasteiger charge is 2.26. The van der Waals surface area contributed by atoms with Crippen LogP contribution in [0, 0.1) is 0 Å². The molecule has 2 rings (SSSR count). The second-order valence-corrected chi connectivity index (χ2v) is 6.37. The SMILES string of the molecule is CCC(O)(CN=C(N)Nc1cccc(OC)c1)c1ccc(Br)cc1. The summed E-state index contributed by atoms with van der Waals surface area (Å²) in [6, 6.07) is 15.0. The quantitative estimate of drug-likeness (QED) is 0.520. The van der Waals surface area contributed by atoms with E-state index in [-0.39, 0.29) is 12.5 Å². The fraction of sp³-hybridized carbons (Fsp3) is 0.278. The van der Waals surface area contributed by atoms with Crippen LogP contribution in [0.3, 0.4) is 0 Å². The topological polar surface area (TPSA) is 79.9 Å². The van der Waals surface area contributed by atoms with Gasteiger partial charge in [0.25, 0.3) is 0 Å². The number of benzene rings is 2. The summed E-state index contributed by atoms with van der Waals surface area (Å²) in [5.41, 5.74) is 6.47. The Hall–Kier alpha value is -2.05. The summed E-state index contributed by atoms with van der Waals surface area (Å²) >= 11 is 3.40. The molecule has 4 N–H and O–H groups in total. The molecule has 0 amide bonds. The van der Waals surface area contributed by atoms with Crippen molar-refractivity contribution in [3.8, 4) is 5.75 Å². The van der Waals surface area contributed by atoms with Crippen molar-refractivity contribution in [2.45, 2.75) is 18.9 Å². The number of nitrogens with one attached hydrogen (secondary N) is 1. The molecule has 0 fully saturated rings. The van der Waals surface area contributed by atoms with Crippen LogP contribution < -0.4 is 15.8 Å². The van der Waals surface area contributed by atoms with Gasteiger partial charge in [0.1, 0.15) is 11.4 Å². The van der Waals surface area contributed by atoms with E-state index in [4.69, 9.17) is 10.5 Å². The van der Waals surface area contributed by atoms with Crippen molar-refractivity contribution in [1.29, 1.82) is 0 Å². The van der Waals surface area contributed by atoms with Crippen molar-refractivity contribution in [3.63, 3.8) is 0 Å². The molecule has 2 aromatic carbocycles. The number of methoxy groups -OCH3 is 1. The zero-order valence-corrected chi connectivity index (χ0v) is 15.4. The van der Waals surface area contributed by atoms with Crippen molar-refractivity contribution < 1.29 is 9.84 Å². The first-order chi connectivity index (χ1) is 11.5. The first-order valence-corrected chi connectivity index (χ1v) is 8.45. The Kier molecular flexibility index (Phi) is 6.23. The van der Waals surface area contributed by atoms with Gasteiger partial charge in [-0.05, 0) is 36.2 Å². The number of ether oxygens (including phenoxy) is 1. The van der Waals surface area contributed by atoms with Crippen molar-refractivity contribution in [2.75, 3.05) is 19.0 Å². The number of hydrogen-bond donors (Lipinski definition) is 3. The van der Waals surface area contributed by atoms with Gasteiger partial charge < -0.3 is 20.9 Å². The average molecular weight is 392 g/mol. The number of nitrogens with two attached hydrogens (primary N) is 1. The Labute approximate surface area is 150 Å². The highest BCUT2D eigenvalue weighted by molar-refractivity contribution is 9.10. The molecule has 1 atom stereocenters. The fourth-order valence-electron chi connectivity index (χ4n) is 2.27. The Morgan fingerprint density at radius 3 is 2.62 bits per heavy atom. The van der Waals surface area contributed by atoms with Gasteiger partial charge in [-0.15, -0.1) is 0 Å². The molecule has 5 nitrogen and oxygen atoms in total. The minimum atomic E-state index is -1.05. The summed E-state index contributed by atoms with van der Waals surface area (Å²) in [7, 11) is 1.61. The zero-order chi connectivity index (χ0) is 17.6. The Balaban J connectivity index is 2.09. The highest BCUT2D eigenvalue weighted by atomic mass is 79.9. The lowest BCUT2D eigenvalue weighted by Crippen LogP contribution is -2.31. The predicted octanol–water partition coefficient (Wildman–Crippen LogP) is 3.48. The molecular weight excluding hydrogens is 370 g/mol. The predicted molar refractivity (Wildman–Crippen MR) is 101 cm³/mol. The number of aliphatic hydroxyl groups is 1. The third-order valence-electron chi connectivity index (χ3n) is 3.82.